The van der Waals surface area contributed by atoms with E-state index in [2.05, 4.69) is 26.6 Å². The van der Waals surface area contributed by atoms with E-state index in [-0.39, 0.29) is 4.90 Å². The van der Waals surface area contributed by atoms with E-state index in [1.807, 2.05) is 12.1 Å². The van der Waals surface area contributed by atoms with Gasteiger partial charge in [-0.2, -0.15) is 11.3 Å². The highest BCUT2D eigenvalue weighted by atomic mass is 32.2. The third-order valence-electron chi connectivity index (χ3n) is 6.58. The first-order valence-corrected chi connectivity index (χ1v) is 15.2. The number of likely N-dealkylation sites (N-methyl/N-ethyl adjacent to an activating group) is 1. The number of aromatic nitrogens is 1. The second-order valence-corrected chi connectivity index (χ2v) is 11.8. The Morgan fingerprint density at radius 2 is 1.87 bits per heavy atom. The summed E-state index contributed by atoms with van der Waals surface area (Å²) in [5, 5.41) is 4.07. The first kappa shape index (κ1) is 27.2. The molecule has 5 rings (SSSR count). The number of nitrogens with zero attached hydrogens (tertiary/aromatic N) is 3. The van der Waals surface area contributed by atoms with Gasteiger partial charge in [0, 0.05) is 61.8 Å². The molecule has 1 saturated heterocycles. The fourth-order valence-electron chi connectivity index (χ4n) is 4.40. The Labute approximate surface area is 233 Å². The lowest BCUT2D eigenvalue weighted by atomic mass is 10.1. The second-order valence-electron chi connectivity index (χ2n) is 9.37. The van der Waals surface area contributed by atoms with Crippen molar-refractivity contribution in [2.24, 2.45) is 0 Å². The molecule has 0 bridgehead atoms. The van der Waals surface area contributed by atoms with Crippen molar-refractivity contribution in [3.05, 3.63) is 65.5 Å². The number of benzene rings is 2. The molecule has 1 aliphatic rings. The van der Waals surface area contributed by atoms with Crippen molar-refractivity contribution < 1.29 is 22.6 Å². The molecule has 1 aliphatic heterocycles. The van der Waals surface area contributed by atoms with Gasteiger partial charge in [-0.1, -0.05) is 6.07 Å². The summed E-state index contributed by atoms with van der Waals surface area (Å²) >= 11 is 1.33. The zero-order chi connectivity index (χ0) is 27.2. The first-order valence-electron chi connectivity index (χ1n) is 12.7. The third-order valence-corrected chi connectivity index (χ3v) is 8.79. The summed E-state index contributed by atoms with van der Waals surface area (Å²) in [6, 6.07) is 13.9. The normalized spacial score (nSPS) is 14.8. The molecule has 4 aromatic rings. The Bertz CT molecular complexity index is 1500. The summed E-state index contributed by atoms with van der Waals surface area (Å²) in [5.41, 5.74) is 1.11. The van der Waals surface area contributed by atoms with E-state index >= 15 is 0 Å². The molecule has 0 unspecified atom stereocenters. The Kier molecular flexibility index (Phi) is 8.51. The minimum atomic E-state index is -3.67. The number of ether oxygens (including phenoxy) is 3. The number of methoxy groups -OCH3 is 1. The summed E-state index contributed by atoms with van der Waals surface area (Å²) in [4.78, 5) is 9.55. The lowest BCUT2D eigenvalue weighted by Crippen LogP contribution is -2.44. The smallest absolute Gasteiger partial charge is 0.262 e. The number of nitrogens with one attached hydrogen (secondary N) is 1. The number of fused-ring (bicyclic) bond motifs is 1. The molecule has 0 amide bonds. The van der Waals surface area contributed by atoms with Crippen LogP contribution < -0.4 is 18.9 Å². The van der Waals surface area contributed by atoms with Gasteiger partial charge >= 0.3 is 0 Å². The van der Waals surface area contributed by atoms with Gasteiger partial charge in [0.15, 0.2) is 11.5 Å². The maximum absolute atomic E-state index is 12.6. The van der Waals surface area contributed by atoms with Crippen LogP contribution in [-0.2, 0) is 10.0 Å². The number of pyridine rings is 1. The second kappa shape index (κ2) is 12.2. The molecule has 0 saturated carbocycles. The predicted octanol–water partition coefficient (Wildman–Crippen LogP) is 4.91. The van der Waals surface area contributed by atoms with Gasteiger partial charge in [0.2, 0.25) is 0 Å². The Hall–Kier alpha value is -3.38. The third kappa shape index (κ3) is 6.80. The summed E-state index contributed by atoms with van der Waals surface area (Å²) in [6.07, 6.45) is 2.60. The summed E-state index contributed by atoms with van der Waals surface area (Å²) < 4.78 is 45.7. The van der Waals surface area contributed by atoms with E-state index in [1.54, 1.807) is 60.5 Å². The Morgan fingerprint density at radius 1 is 1.03 bits per heavy atom. The van der Waals surface area contributed by atoms with Crippen molar-refractivity contribution in [3.63, 3.8) is 0 Å². The topological polar surface area (TPSA) is 93.2 Å². The van der Waals surface area contributed by atoms with Crippen LogP contribution in [0.4, 0.5) is 5.69 Å². The molecule has 11 heteroatoms. The average Bonchev–Trinajstić information content (AvgIpc) is 3.48. The van der Waals surface area contributed by atoms with Gasteiger partial charge in [0.25, 0.3) is 10.0 Å². The molecule has 3 heterocycles. The number of hydrogen-bond donors (Lipinski definition) is 1. The van der Waals surface area contributed by atoms with Crippen molar-refractivity contribution in [3.8, 4) is 23.0 Å². The highest BCUT2D eigenvalue weighted by molar-refractivity contribution is 7.92. The molecule has 0 spiro atoms. The monoisotopic (exact) mass is 568 g/mol. The molecule has 0 aliphatic carbocycles. The molecule has 206 valence electrons. The zero-order valence-corrected chi connectivity index (χ0v) is 23.6. The lowest BCUT2D eigenvalue weighted by molar-refractivity contribution is 0.145. The highest BCUT2D eigenvalue weighted by Gasteiger charge is 2.17. The number of rotatable bonds is 11. The standard InChI is InChI=1S/C28H32N4O5S2/c1-31-11-13-32(14-12-31)10-4-15-36-28-19-25-24(18-27(28)35-2)26(7-9-29-25)37-22-6-3-5-21(17-22)30-39(33,34)23-8-16-38-20-23/h3,5-9,16-20,30H,4,10-15H2,1-2H3. The van der Waals surface area contributed by atoms with Crippen LogP contribution >= 0.6 is 11.3 Å². The quantitative estimate of drug-likeness (QED) is 0.255. The first-order chi connectivity index (χ1) is 18.9. The van der Waals surface area contributed by atoms with Gasteiger partial charge in [-0.15, -0.1) is 0 Å². The van der Waals surface area contributed by atoms with Crippen molar-refractivity contribution in [2.45, 2.75) is 11.3 Å². The van der Waals surface area contributed by atoms with Crippen LogP contribution in [0.3, 0.4) is 0 Å². The summed E-state index contributed by atoms with van der Waals surface area (Å²) in [7, 11) is 0.101. The van der Waals surface area contributed by atoms with E-state index in [9.17, 15) is 8.42 Å². The number of sulfonamides is 1. The minimum Gasteiger partial charge on any atom is -0.493 e. The summed E-state index contributed by atoms with van der Waals surface area (Å²) in [5.74, 6) is 2.28. The lowest BCUT2D eigenvalue weighted by Gasteiger charge is -2.32. The van der Waals surface area contributed by atoms with Crippen LogP contribution in [0.15, 0.2) is 70.4 Å². The minimum absolute atomic E-state index is 0.225. The van der Waals surface area contributed by atoms with E-state index in [0.717, 1.165) is 44.5 Å². The fraction of sp³-hybridized carbons (Fsp3) is 0.321. The molecule has 0 atom stereocenters. The molecule has 2 aromatic carbocycles. The van der Waals surface area contributed by atoms with Crippen molar-refractivity contribution in [2.75, 3.05) is 58.2 Å². The molecule has 0 radical (unpaired) electrons. The Balaban J connectivity index is 1.28. The van der Waals surface area contributed by atoms with Gasteiger partial charge in [-0.3, -0.25) is 9.71 Å². The maximum atomic E-state index is 12.6. The van der Waals surface area contributed by atoms with E-state index < -0.39 is 10.0 Å². The van der Waals surface area contributed by atoms with Crippen molar-refractivity contribution >= 4 is 38.0 Å². The van der Waals surface area contributed by atoms with Crippen LogP contribution in [0.2, 0.25) is 0 Å². The summed E-state index contributed by atoms with van der Waals surface area (Å²) in [6.45, 7) is 5.97. The molecular weight excluding hydrogens is 536 g/mol. The SMILES string of the molecule is COc1cc2c(Oc3cccc(NS(=O)(=O)c4ccsc4)c3)ccnc2cc1OCCCN1CCN(C)CC1. The number of thiophene rings is 1. The van der Waals surface area contributed by atoms with Gasteiger partial charge in [-0.05, 0) is 49.2 Å². The van der Waals surface area contributed by atoms with Crippen LogP contribution in [0.1, 0.15) is 6.42 Å². The van der Waals surface area contributed by atoms with Crippen LogP contribution in [-0.4, -0.2) is 76.7 Å². The molecule has 2 aromatic heterocycles. The van der Waals surface area contributed by atoms with E-state index in [4.69, 9.17) is 14.2 Å². The van der Waals surface area contributed by atoms with Gasteiger partial charge in [0.05, 0.1) is 29.8 Å². The van der Waals surface area contributed by atoms with Crippen LogP contribution in [0.5, 0.6) is 23.0 Å². The molecule has 39 heavy (non-hydrogen) atoms. The fourth-order valence-corrected chi connectivity index (χ4v) is 6.48. The molecular formula is C28H32N4O5S2. The maximum Gasteiger partial charge on any atom is 0.262 e. The molecule has 1 N–H and O–H groups in total. The Morgan fingerprint density at radius 3 is 2.64 bits per heavy atom. The highest BCUT2D eigenvalue weighted by Crippen LogP contribution is 2.37. The molecule has 1 fully saturated rings. The van der Waals surface area contributed by atoms with E-state index in [1.165, 1.54) is 11.3 Å². The predicted molar refractivity (Wildman–Crippen MR) is 154 cm³/mol. The zero-order valence-electron chi connectivity index (χ0n) is 22.0. The van der Waals surface area contributed by atoms with E-state index in [0.29, 0.717) is 40.8 Å². The van der Waals surface area contributed by atoms with Crippen molar-refractivity contribution in [1.82, 2.24) is 14.8 Å². The van der Waals surface area contributed by atoms with Crippen LogP contribution in [0.25, 0.3) is 10.9 Å². The largest absolute Gasteiger partial charge is 0.493 e. The number of piperazine rings is 1. The van der Waals surface area contributed by atoms with Gasteiger partial charge in [-0.25, -0.2) is 8.42 Å². The van der Waals surface area contributed by atoms with Crippen molar-refractivity contribution in [1.29, 1.82) is 0 Å². The molecule has 9 nitrogen and oxygen atoms in total. The number of hydrogen-bond acceptors (Lipinski definition) is 9. The number of anilines is 1. The van der Waals surface area contributed by atoms with Gasteiger partial charge < -0.3 is 24.0 Å². The van der Waals surface area contributed by atoms with Gasteiger partial charge in [0.1, 0.15) is 11.5 Å². The average molecular weight is 569 g/mol. The van der Waals surface area contributed by atoms with Crippen LogP contribution in [0, 0.1) is 0 Å².